The van der Waals surface area contributed by atoms with Gasteiger partial charge in [-0.3, -0.25) is 23.9 Å². The summed E-state index contributed by atoms with van der Waals surface area (Å²) >= 11 is 0. The number of carbonyl (C=O) groups excluding carboxylic acids is 2. The molecule has 0 unspecified atom stereocenters. The highest BCUT2D eigenvalue weighted by atomic mass is 16.2. The van der Waals surface area contributed by atoms with Gasteiger partial charge in [0.1, 0.15) is 5.69 Å². The van der Waals surface area contributed by atoms with E-state index < -0.39 is 5.41 Å². The van der Waals surface area contributed by atoms with Gasteiger partial charge in [0.05, 0.1) is 5.41 Å². The van der Waals surface area contributed by atoms with Crippen molar-refractivity contribution in [2.75, 3.05) is 19.6 Å². The van der Waals surface area contributed by atoms with E-state index in [1.807, 2.05) is 34.8 Å². The Balaban J connectivity index is 1.49. The number of rotatable bonds is 4. The van der Waals surface area contributed by atoms with Crippen LogP contribution in [0, 0.1) is 5.41 Å². The Kier molecular flexibility index (Phi) is 5.03. The molecule has 0 N–H and O–H groups in total. The maximum Gasteiger partial charge on any atom is 0.274 e. The van der Waals surface area contributed by atoms with Gasteiger partial charge in [0.2, 0.25) is 5.91 Å². The van der Waals surface area contributed by atoms with E-state index in [1.165, 1.54) is 0 Å². The van der Waals surface area contributed by atoms with Crippen molar-refractivity contribution in [3.8, 4) is 0 Å². The molecule has 2 amide bonds. The van der Waals surface area contributed by atoms with Gasteiger partial charge in [0.15, 0.2) is 0 Å². The number of hydrogen-bond acceptors (Lipinski definition) is 5. The Morgan fingerprint density at radius 3 is 2.66 bits per heavy atom. The van der Waals surface area contributed by atoms with Crippen molar-refractivity contribution >= 4 is 11.8 Å². The van der Waals surface area contributed by atoms with Crippen molar-refractivity contribution in [1.82, 2.24) is 34.3 Å². The quantitative estimate of drug-likeness (QED) is 0.624. The summed E-state index contributed by atoms with van der Waals surface area (Å²) in [6, 6.07) is 7.58. The number of carbonyl (C=O) groups is 2. The Labute approximate surface area is 186 Å². The van der Waals surface area contributed by atoms with Crippen LogP contribution < -0.4 is 0 Å². The van der Waals surface area contributed by atoms with Gasteiger partial charge >= 0.3 is 0 Å². The lowest BCUT2D eigenvalue weighted by atomic mass is 9.70. The highest BCUT2D eigenvalue weighted by Crippen LogP contribution is 2.49. The highest BCUT2D eigenvalue weighted by molar-refractivity contribution is 5.94. The lowest BCUT2D eigenvalue weighted by Crippen LogP contribution is -2.52. The third-order valence-corrected chi connectivity index (χ3v) is 6.87. The Bertz CT molecular complexity index is 1140. The molecule has 166 valence electrons. The van der Waals surface area contributed by atoms with Crippen LogP contribution in [0.3, 0.4) is 0 Å². The van der Waals surface area contributed by atoms with Crippen LogP contribution in [0.5, 0.6) is 0 Å². The second-order valence-electron chi connectivity index (χ2n) is 8.83. The summed E-state index contributed by atoms with van der Waals surface area (Å²) in [6.07, 6.45) is 8.67. The Hall–Kier alpha value is -3.49. The van der Waals surface area contributed by atoms with E-state index in [-0.39, 0.29) is 17.7 Å². The molecule has 2 saturated heterocycles. The largest absolute Gasteiger partial charge is 0.338 e. The maximum atomic E-state index is 14.0. The summed E-state index contributed by atoms with van der Waals surface area (Å²) < 4.78 is 3.45. The lowest BCUT2D eigenvalue weighted by Gasteiger charge is -2.42. The SMILES string of the molecule is Cn1ccc(C(=O)N2C[C@@H](c3ccnn3C)[C@@]3(CCCN(Cc4ccncc4)C3=O)C2)n1. The van der Waals surface area contributed by atoms with Crippen molar-refractivity contribution in [3.63, 3.8) is 0 Å². The van der Waals surface area contributed by atoms with Crippen LogP contribution in [0.2, 0.25) is 0 Å². The number of amides is 2. The van der Waals surface area contributed by atoms with Crippen LogP contribution in [0.1, 0.15) is 40.5 Å². The zero-order chi connectivity index (χ0) is 22.3. The first kappa shape index (κ1) is 20.4. The van der Waals surface area contributed by atoms with Gasteiger partial charge in [-0.25, -0.2) is 0 Å². The van der Waals surface area contributed by atoms with Gasteiger partial charge in [0.25, 0.3) is 5.91 Å². The molecule has 5 heterocycles. The number of aromatic nitrogens is 5. The van der Waals surface area contributed by atoms with Gasteiger partial charge in [-0.15, -0.1) is 0 Å². The smallest absolute Gasteiger partial charge is 0.274 e. The van der Waals surface area contributed by atoms with Crippen LogP contribution in [-0.2, 0) is 25.4 Å². The molecule has 3 aromatic heterocycles. The summed E-state index contributed by atoms with van der Waals surface area (Å²) in [6.45, 7) is 2.14. The van der Waals surface area contributed by atoms with E-state index in [0.29, 0.717) is 25.3 Å². The summed E-state index contributed by atoms with van der Waals surface area (Å²) in [5, 5.41) is 8.64. The van der Waals surface area contributed by atoms with Crippen molar-refractivity contribution in [2.45, 2.75) is 25.3 Å². The molecule has 32 heavy (non-hydrogen) atoms. The number of hydrogen-bond donors (Lipinski definition) is 0. The molecule has 2 fully saturated rings. The molecule has 2 aliphatic rings. The third kappa shape index (κ3) is 3.37. The Morgan fingerprint density at radius 1 is 1.16 bits per heavy atom. The fourth-order valence-corrected chi connectivity index (χ4v) is 5.30. The van der Waals surface area contributed by atoms with Crippen LogP contribution >= 0.6 is 0 Å². The molecule has 9 heteroatoms. The minimum absolute atomic E-state index is 0.114. The second-order valence-corrected chi connectivity index (χ2v) is 8.83. The molecule has 0 radical (unpaired) electrons. The average molecular weight is 434 g/mol. The van der Waals surface area contributed by atoms with Crippen molar-refractivity contribution in [3.05, 3.63) is 66.0 Å². The summed E-state index contributed by atoms with van der Waals surface area (Å²) in [4.78, 5) is 35.1. The predicted molar refractivity (Wildman–Crippen MR) is 116 cm³/mol. The van der Waals surface area contributed by atoms with E-state index in [9.17, 15) is 9.59 Å². The van der Waals surface area contributed by atoms with Gasteiger partial charge in [-0.2, -0.15) is 10.2 Å². The Morgan fingerprint density at radius 2 is 1.97 bits per heavy atom. The normalized spacial score (nSPS) is 23.3. The van der Waals surface area contributed by atoms with E-state index in [0.717, 1.165) is 30.6 Å². The first-order chi connectivity index (χ1) is 15.5. The van der Waals surface area contributed by atoms with E-state index >= 15 is 0 Å². The summed E-state index contributed by atoms with van der Waals surface area (Å²) in [5.74, 6) is -0.132. The standard InChI is InChI=1S/C23H27N7O2/c1-27-13-7-19(26-27)21(31)30-15-18(20-6-11-25-28(20)2)23(16-30)8-3-12-29(22(23)32)14-17-4-9-24-10-5-17/h4-7,9-11,13,18H,3,8,12,14-16H2,1-2H3/t18-,23+/m0/s1. The number of nitrogens with zero attached hydrogens (tertiary/aromatic N) is 7. The van der Waals surface area contributed by atoms with Crippen molar-refractivity contribution in [1.29, 1.82) is 0 Å². The van der Waals surface area contributed by atoms with Gasteiger partial charge < -0.3 is 9.80 Å². The molecule has 0 aliphatic carbocycles. The average Bonchev–Trinajstić information content (AvgIpc) is 3.51. The predicted octanol–water partition coefficient (Wildman–Crippen LogP) is 1.60. The lowest BCUT2D eigenvalue weighted by molar-refractivity contribution is -0.147. The zero-order valence-electron chi connectivity index (χ0n) is 18.4. The second kappa shape index (κ2) is 7.89. The fourth-order valence-electron chi connectivity index (χ4n) is 5.30. The molecular weight excluding hydrogens is 406 g/mol. The van der Waals surface area contributed by atoms with Crippen LogP contribution in [0.25, 0.3) is 0 Å². The van der Waals surface area contributed by atoms with E-state index in [4.69, 9.17) is 0 Å². The maximum absolute atomic E-state index is 14.0. The minimum atomic E-state index is -0.663. The summed E-state index contributed by atoms with van der Waals surface area (Å²) in [5.41, 5.74) is 1.79. The van der Waals surface area contributed by atoms with E-state index in [2.05, 4.69) is 15.2 Å². The molecule has 0 saturated carbocycles. The fraction of sp³-hybridized carbons (Fsp3) is 0.435. The summed E-state index contributed by atoms with van der Waals surface area (Å²) in [7, 11) is 3.69. The molecule has 9 nitrogen and oxygen atoms in total. The first-order valence-corrected chi connectivity index (χ1v) is 10.9. The van der Waals surface area contributed by atoms with Gasteiger partial charge in [-0.1, -0.05) is 0 Å². The number of aryl methyl sites for hydroxylation is 2. The molecule has 3 aromatic rings. The highest BCUT2D eigenvalue weighted by Gasteiger charge is 2.57. The minimum Gasteiger partial charge on any atom is -0.338 e. The number of piperidine rings is 1. The number of pyridine rings is 1. The third-order valence-electron chi connectivity index (χ3n) is 6.87. The topological polar surface area (TPSA) is 89.2 Å². The first-order valence-electron chi connectivity index (χ1n) is 10.9. The van der Waals surface area contributed by atoms with Crippen LogP contribution in [0.4, 0.5) is 0 Å². The molecular formula is C23H27N7O2. The molecule has 0 bridgehead atoms. The van der Waals surface area contributed by atoms with E-state index in [1.54, 1.807) is 47.5 Å². The van der Waals surface area contributed by atoms with Gasteiger partial charge in [-0.05, 0) is 42.7 Å². The molecule has 2 aliphatic heterocycles. The van der Waals surface area contributed by atoms with Crippen molar-refractivity contribution < 1.29 is 9.59 Å². The number of likely N-dealkylation sites (tertiary alicyclic amines) is 2. The molecule has 2 atom stereocenters. The molecule has 5 rings (SSSR count). The molecule has 1 spiro atoms. The van der Waals surface area contributed by atoms with Crippen LogP contribution in [0.15, 0.2) is 49.1 Å². The molecule has 0 aromatic carbocycles. The van der Waals surface area contributed by atoms with Crippen molar-refractivity contribution in [2.24, 2.45) is 19.5 Å². The zero-order valence-corrected chi connectivity index (χ0v) is 18.4. The van der Waals surface area contributed by atoms with Gasteiger partial charge in [0, 0.05) is 76.7 Å². The van der Waals surface area contributed by atoms with Crippen LogP contribution in [-0.4, -0.2) is 65.8 Å². The monoisotopic (exact) mass is 433 g/mol.